The molecular formula is C11H11F3O4. The number of ether oxygens (including phenoxy) is 2. The van der Waals surface area contributed by atoms with E-state index in [0.717, 1.165) is 0 Å². The summed E-state index contributed by atoms with van der Waals surface area (Å²) in [5.74, 6) is -0.585. The lowest BCUT2D eigenvalue weighted by atomic mass is 10.2. The lowest BCUT2D eigenvalue weighted by Gasteiger charge is -2.15. The predicted molar refractivity (Wildman–Crippen MR) is 55.3 cm³/mol. The molecule has 0 aliphatic rings. The van der Waals surface area contributed by atoms with Crippen LogP contribution in [0.2, 0.25) is 0 Å². The van der Waals surface area contributed by atoms with Crippen LogP contribution in [-0.4, -0.2) is 37.1 Å². The van der Waals surface area contributed by atoms with Crippen LogP contribution in [-0.2, 0) is 4.74 Å². The topological polar surface area (TPSA) is 55.8 Å². The number of carbonyl (C=O) groups is 1. The third kappa shape index (κ3) is 3.92. The Kier molecular flexibility index (Phi) is 4.55. The molecule has 4 nitrogen and oxygen atoms in total. The van der Waals surface area contributed by atoms with Gasteiger partial charge in [-0.1, -0.05) is 6.07 Å². The van der Waals surface area contributed by atoms with Crippen LogP contribution < -0.4 is 4.74 Å². The molecule has 0 saturated heterocycles. The SMILES string of the molecule is COC(=O)c1cccc(OCC(O)C(F)(F)F)c1. The van der Waals surface area contributed by atoms with Crippen LogP contribution in [0.4, 0.5) is 13.2 Å². The van der Waals surface area contributed by atoms with Crippen molar-refractivity contribution in [1.82, 2.24) is 0 Å². The minimum Gasteiger partial charge on any atom is -0.491 e. The molecule has 100 valence electrons. The minimum atomic E-state index is -4.74. The number of hydrogen-bond acceptors (Lipinski definition) is 4. The first-order valence-electron chi connectivity index (χ1n) is 4.90. The average molecular weight is 264 g/mol. The maximum Gasteiger partial charge on any atom is 0.417 e. The van der Waals surface area contributed by atoms with Gasteiger partial charge in [-0.3, -0.25) is 0 Å². The molecular weight excluding hydrogens is 253 g/mol. The van der Waals surface area contributed by atoms with Gasteiger partial charge in [-0.25, -0.2) is 4.79 Å². The van der Waals surface area contributed by atoms with Gasteiger partial charge in [-0.15, -0.1) is 0 Å². The Bertz CT molecular complexity index is 417. The van der Waals surface area contributed by atoms with E-state index in [4.69, 9.17) is 9.84 Å². The number of alkyl halides is 3. The fraction of sp³-hybridized carbons (Fsp3) is 0.364. The van der Waals surface area contributed by atoms with Gasteiger partial charge in [0.05, 0.1) is 12.7 Å². The van der Waals surface area contributed by atoms with Crippen molar-refractivity contribution in [3.05, 3.63) is 29.8 Å². The highest BCUT2D eigenvalue weighted by Gasteiger charge is 2.38. The molecule has 0 aliphatic heterocycles. The molecule has 7 heteroatoms. The minimum absolute atomic E-state index is 0.0428. The second-order valence-corrected chi connectivity index (χ2v) is 3.39. The van der Waals surface area contributed by atoms with E-state index in [1.165, 1.54) is 31.4 Å². The second kappa shape index (κ2) is 5.72. The summed E-state index contributed by atoms with van der Waals surface area (Å²) in [6.45, 7) is -0.936. The van der Waals surface area contributed by atoms with Crippen LogP contribution in [0, 0.1) is 0 Å². The van der Waals surface area contributed by atoms with Crippen molar-refractivity contribution in [2.75, 3.05) is 13.7 Å². The monoisotopic (exact) mass is 264 g/mol. The molecule has 0 aliphatic carbocycles. The number of esters is 1. The maximum absolute atomic E-state index is 12.0. The summed E-state index contributed by atoms with van der Waals surface area (Å²) in [4.78, 5) is 11.2. The van der Waals surface area contributed by atoms with Gasteiger partial charge in [0, 0.05) is 0 Å². The van der Waals surface area contributed by atoms with Crippen LogP contribution in [0.5, 0.6) is 5.75 Å². The molecule has 0 radical (unpaired) electrons. The van der Waals surface area contributed by atoms with Crippen molar-refractivity contribution in [1.29, 1.82) is 0 Å². The Hall–Kier alpha value is -1.76. The summed E-state index contributed by atoms with van der Waals surface area (Å²) >= 11 is 0. The van der Waals surface area contributed by atoms with E-state index in [1.54, 1.807) is 0 Å². The zero-order valence-electron chi connectivity index (χ0n) is 9.40. The van der Waals surface area contributed by atoms with Crippen molar-refractivity contribution in [2.24, 2.45) is 0 Å². The van der Waals surface area contributed by atoms with Crippen LogP contribution in [0.1, 0.15) is 10.4 Å². The fourth-order valence-electron chi connectivity index (χ4n) is 1.10. The van der Waals surface area contributed by atoms with E-state index >= 15 is 0 Å². The Morgan fingerprint density at radius 1 is 1.44 bits per heavy atom. The molecule has 0 aromatic heterocycles. The van der Waals surface area contributed by atoms with Crippen molar-refractivity contribution >= 4 is 5.97 Å². The number of halogens is 3. The van der Waals surface area contributed by atoms with Crippen molar-refractivity contribution in [3.63, 3.8) is 0 Å². The van der Waals surface area contributed by atoms with E-state index < -0.39 is 24.9 Å². The highest BCUT2D eigenvalue weighted by Crippen LogP contribution is 2.21. The first kappa shape index (κ1) is 14.3. The van der Waals surface area contributed by atoms with Gasteiger partial charge in [0.1, 0.15) is 12.4 Å². The molecule has 0 bridgehead atoms. The molecule has 0 heterocycles. The lowest BCUT2D eigenvalue weighted by Crippen LogP contribution is -2.34. The van der Waals surface area contributed by atoms with E-state index in [1.807, 2.05) is 0 Å². The predicted octanol–water partition coefficient (Wildman–Crippen LogP) is 1.78. The summed E-state index contributed by atoms with van der Waals surface area (Å²) in [6, 6.07) is 5.46. The van der Waals surface area contributed by atoms with Crippen LogP contribution in [0.3, 0.4) is 0 Å². The Labute approximate surface area is 101 Å². The van der Waals surface area contributed by atoms with Crippen molar-refractivity contribution in [2.45, 2.75) is 12.3 Å². The molecule has 18 heavy (non-hydrogen) atoms. The van der Waals surface area contributed by atoms with Gasteiger partial charge in [0.15, 0.2) is 6.10 Å². The third-order valence-electron chi connectivity index (χ3n) is 2.04. The van der Waals surface area contributed by atoms with Gasteiger partial charge >= 0.3 is 12.1 Å². The van der Waals surface area contributed by atoms with Crippen LogP contribution in [0.25, 0.3) is 0 Å². The van der Waals surface area contributed by atoms with E-state index in [0.29, 0.717) is 0 Å². The van der Waals surface area contributed by atoms with Gasteiger partial charge in [0.25, 0.3) is 0 Å². The number of methoxy groups -OCH3 is 1. The summed E-state index contributed by atoms with van der Waals surface area (Å²) < 4.78 is 45.2. The third-order valence-corrected chi connectivity index (χ3v) is 2.04. The molecule has 1 aromatic rings. The zero-order valence-corrected chi connectivity index (χ0v) is 9.40. The Balaban J connectivity index is 2.66. The quantitative estimate of drug-likeness (QED) is 0.842. The van der Waals surface area contributed by atoms with Crippen LogP contribution >= 0.6 is 0 Å². The van der Waals surface area contributed by atoms with Gasteiger partial charge in [0.2, 0.25) is 0 Å². The summed E-state index contributed by atoms with van der Waals surface area (Å²) in [5, 5.41) is 8.73. The summed E-state index contributed by atoms with van der Waals surface area (Å²) in [5.41, 5.74) is 0.150. The molecule has 0 spiro atoms. The van der Waals surface area contributed by atoms with Crippen molar-refractivity contribution < 1.29 is 32.5 Å². The molecule has 0 amide bonds. The highest BCUT2D eigenvalue weighted by molar-refractivity contribution is 5.89. The number of benzene rings is 1. The molecule has 1 N–H and O–H groups in total. The number of rotatable bonds is 4. The van der Waals surface area contributed by atoms with Gasteiger partial charge in [-0.05, 0) is 18.2 Å². The number of carbonyl (C=O) groups excluding carboxylic acids is 1. The molecule has 0 fully saturated rings. The zero-order chi connectivity index (χ0) is 13.8. The average Bonchev–Trinajstić information content (AvgIpc) is 2.34. The van der Waals surface area contributed by atoms with Crippen LogP contribution in [0.15, 0.2) is 24.3 Å². The molecule has 1 atom stereocenters. The largest absolute Gasteiger partial charge is 0.491 e. The number of hydrogen-bond donors (Lipinski definition) is 1. The highest BCUT2D eigenvalue weighted by atomic mass is 19.4. The van der Waals surface area contributed by atoms with E-state index in [2.05, 4.69) is 4.74 Å². The summed E-state index contributed by atoms with van der Waals surface area (Å²) in [7, 11) is 1.18. The van der Waals surface area contributed by atoms with E-state index in [-0.39, 0.29) is 11.3 Å². The molecule has 1 rings (SSSR count). The van der Waals surface area contributed by atoms with Gasteiger partial charge < -0.3 is 14.6 Å². The fourth-order valence-corrected chi connectivity index (χ4v) is 1.10. The Morgan fingerprint density at radius 2 is 2.11 bits per heavy atom. The number of aliphatic hydroxyl groups excluding tert-OH is 1. The Morgan fingerprint density at radius 3 is 2.67 bits per heavy atom. The molecule has 1 unspecified atom stereocenters. The smallest absolute Gasteiger partial charge is 0.417 e. The van der Waals surface area contributed by atoms with E-state index in [9.17, 15) is 18.0 Å². The van der Waals surface area contributed by atoms with Gasteiger partial charge in [-0.2, -0.15) is 13.2 Å². The second-order valence-electron chi connectivity index (χ2n) is 3.39. The summed E-state index contributed by atoms with van der Waals surface area (Å²) in [6.07, 6.45) is -7.31. The van der Waals surface area contributed by atoms with Crippen molar-refractivity contribution in [3.8, 4) is 5.75 Å². The molecule has 0 saturated carbocycles. The lowest BCUT2D eigenvalue weighted by molar-refractivity contribution is -0.210. The number of aliphatic hydroxyl groups is 1. The first-order chi connectivity index (χ1) is 8.34. The first-order valence-corrected chi connectivity index (χ1v) is 4.90. The maximum atomic E-state index is 12.0. The normalized spacial score (nSPS) is 12.9. The molecule has 1 aromatic carbocycles. The standard InChI is InChI=1S/C11H11F3O4/c1-17-10(16)7-3-2-4-8(5-7)18-6-9(15)11(12,13)14/h2-5,9,15H,6H2,1H3.